The van der Waals surface area contributed by atoms with E-state index in [-0.39, 0.29) is 23.3 Å². The van der Waals surface area contributed by atoms with Gasteiger partial charge in [-0.2, -0.15) is 0 Å². The summed E-state index contributed by atoms with van der Waals surface area (Å²) in [5, 5.41) is 5.48. The van der Waals surface area contributed by atoms with Gasteiger partial charge in [0.25, 0.3) is 10.0 Å². The SMILES string of the molecule is Cc1ccc(S(=O)(=O)N2C=CNC(=O)[C@H]2CC(=O)NC2CCN(c3ccncc3)CC2)cc1. The fraction of sp³-hybridized carbons (Fsp3) is 0.348. The van der Waals surface area contributed by atoms with Crippen molar-refractivity contribution >= 4 is 27.5 Å². The monoisotopic (exact) mass is 469 g/mol. The molecule has 0 saturated carbocycles. The van der Waals surface area contributed by atoms with Crippen LogP contribution in [-0.4, -0.2) is 54.7 Å². The first-order chi connectivity index (χ1) is 15.8. The zero-order valence-corrected chi connectivity index (χ0v) is 19.2. The molecule has 1 saturated heterocycles. The number of amides is 2. The van der Waals surface area contributed by atoms with Crippen LogP contribution in [0.5, 0.6) is 0 Å². The fourth-order valence-electron chi connectivity index (χ4n) is 4.07. The molecule has 33 heavy (non-hydrogen) atoms. The predicted molar refractivity (Wildman–Crippen MR) is 124 cm³/mol. The Morgan fingerprint density at radius 3 is 2.45 bits per heavy atom. The average molecular weight is 470 g/mol. The second-order valence-corrected chi connectivity index (χ2v) is 10.1. The van der Waals surface area contributed by atoms with Crippen molar-refractivity contribution in [2.45, 2.75) is 43.2 Å². The number of carbonyl (C=O) groups excluding carboxylic acids is 2. The standard InChI is InChI=1S/C23H27N5O4S/c1-17-2-4-20(5-3-17)33(31,32)28-15-12-25-23(30)21(28)16-22(29)26-18-8-13-27(14-9-18)19-6-10-24-11-7-19/h2-7,10-12,15,18,21H,8-9,13-14,16H2,1H3,(H,25,30)(H,26,29)/t21-/m1/s1. The van der Waals surface area contributed by atoms with Gasteiger partial charge in [0.1, 0.15) is 6.04 Å². The van der Waals surface area contributed by atoms with Crippen LogP contribution in [0.3, 0.4) is 0 Å². The number of aromatic nitrogens is 1. The topological polar surface area (TPSA) is 112 Å². The number of hydrogen-bond acceptors (Lipinski definition) is 6. The molecule has 2 aliphatic rings. The Morgan fingerprint density at radius 2 is 1.79 bits per heavy atom. The first-order valence-electron chi connectivity index (χ1n) is 10.9. The summed E-state index contributed by atoms with van der Waals surface area (Å²) in [6.45, 7) is 3.43. The van der Waals surface area contributed by atoms with E-state index in [9.17, 15) is 18.0 Å². The molecule has 1 aromatic carbocycles. The third-order valence-electron chi connectivity index (χ3n) is 5.92. The summed E-state index contributed by atoms with van der Waals surface area (Å²) in [5.41, 5.74) is 2.02. The molecular weight excluding hydrogens is 442 g/mol. The van der Waals surface area contributed by atoms with Gasteiger partial charge in [-0.25, -0.2) is 8.42 Å². The molecule has 0 spiro atoms. The number of carbonyl (C=O) groups is 2. The summed E-state index contributed by atoms with van der Waals surface area (Å²) in [4.78, 5) is 31.6. The van der Waals surface area contributed by atoms with Crippen LogP contribution in [0.4, 0.5) is 5.69 Å². The Morgan fingerprint density at radius 1 is 1.12 bits per heavy atom. The Hall–Kier alpha value is -3.40. The van der Waals surface area contributed by atoms with Gasteiger partial charge in [-0.1, -0.05) is 17.7 Å². The largest absolute Gasteiger partial charge is 0.371 e. The van der Waals surface area contributed by atoms with E-state index in [2.05, 4.69) is 20.5 Å². The van der Waals surface area contributed by atoms with Crippen LogP contribution >= 0.6 is 0 Å². The van der Waals surface area contributed by atoms with Gasteiger partial charge in [-0.15, -0.1) is 0 Å². The number of nitrogens with one attached hydrogen (secondary N) is 2. The highest BCUT2D eigenvalue weighted by Gasteiger charge is 2.37. The van der Waals surface area contributed by atoms with Crippen LogP contribution < -0.4 is 15.5 Å². The van der Waals surface area contributed by atoms with Crippen molar-refractivity contribution in [3.63, 3.8) is 0 Å². The van der Waals surface area contributed by atoms with Crippen molar-refractivity contribution < 1.29 is 18.0 Å². The fourth-order valence-corrected chi connectivity index (χ4v) is 5.52. The van der Waals surface area contributed by atoms with Gasteiger partial charge in [0, 0.05) is 49.6 Å². The quantitative estimate of drug-likeness (QED) is 0.664. The molecule has 3 heterocycles. The molecule has 4 rings (SSSR count). The molecule has 2 amide bonds. The second kappa shape index (κ2) is 9.62. The van der Waals surface area contributed by atoms with Crippen molar-refractivity contribution in [2.75, 3.05) is 18.0 Å². The summed E-state index contributed by atoms with van der Waals surface area (Å²) in [6, 6.07) is 9.12. The lowest BCUT2D eigenvalue weighted by Gasteiger charge is -2.35. The minimum atomic E-state index is -3.98. The van der Waals surface area contributed by atoms with Gasteiger partial charge < -0.3 is 15.5 Å². The molecule has 0 radical (unpaired) electrons. The predicted octanol–water partition coefficient (Wildman–Crippen LogP) is 1.53. The summed E-state index contributed by atoms with van der Waals surface area (Å²) in [5.74, 6) is -0.882. The average Bonchev–Trinajstić information content (AvgIpc) is 2.81. The van der Waals surface area contributed by atoms with E-state index in [0.717, 1.165) is 41.5 Å². The number of nitrogens with zero attached hydrogens (tertiary/aromatic N) is 3. The molecule has 1 aromatic heterocycles. The minimum absolute atomic E-state index is 0.0278. The Labute approximate surface area is 193 Å². The second-order valence-electron chi connectivity index (χ2n) is 8.23. The number of pyridine rings is 1. The molecular formula is C23H27N5O4S. The van der Waals surface area contributed by atoms with E-state index in [1.807, 2.05) is 19.1 Å². The first-order valence-corrected chi connectivity index (χ1v) is 12.3. The van der Waals surface area contributed by atoms with Crippen LogP contribution in [0.15, 0.2) is 66.1 Å². The minimum Gasteiger partial charge on any atom is -0.371 e. The number of hydrogen-bond donors (Lipinski definition) is 2. The van der Waals surface area contributed by atoms with Gasteiger partial charge in [0.2, 0.25) is 11.8 Å². The molecule has 2 aromatic rings. The van der Waals surface area contributed by atoms with Gasteiger partial charge in [0.05, 0.1) is 11.3 Å². The molecule has 1 atom stereocenters. The van der Waals surface area contributed by atoms with E-state index in [1.54, 1.807) is 24.5 Å². The maximum absolute atomic E-state index is 13.1. The molecule has 2 aliphatic heterocycles. The maximum Gasteiger partial charge on any atom is 0.264 e. The van der Waals surface area contributed by atoms with Crippen LogP contribution in [0, 0.1) is 6.92 Å². The summed E-state index contributed by atoms with van der Waals surface area (Å²) in [7, 11) is -3.98. The van der Waals surface area contributed by atoms with Gasteiger partial charge in [0.15, 0.2) is 0 Å². The van der Waals surface area contributed by atoms with Crippen molar-refractivity contribution in [1.29, 1.82) is 0 Å². The van der Waals surface area contributed by atoms with Crippen molar-refractivity contribution in [3.8, 4) is 0 Å². The van der Waals surface area contributed by atoms with E-state index < -0.39 is 22.0 Å². The normalized spacial score (nSPS) is 19.3. The molecule has 174 valence electrons. The molecule has 10 heteroatoms. The molecule has 0 unspecified atom stereocenters. The number of benzene rings is 1. The highest BCUT2D eigenvalue weighted by atomic mass is 32.2. The first kappa shape index (κ1) is 22.8. The van der Waals surface area contributed by atoms with E-state index in [1.165, 1.54) is 24.5 Å². The molecule has 9 nitrogen and oxygen atoms in total. The highest BCUT2D eigenvalue weighted by Crippen LogP contribution is 2.23. The van der Waals surface area contributed by atoms with Crippen molar-refractivity contribution in [3.05, 3.63) is 66.8 Å². The van der Waals surface area contributed by atoms with E-state index in [0.29, 0.717) is 0 Å². The molecule has 1 fully saturated rings. The van der Waals surface area contributed by atoms with Crippen molar-refractivity contribution in [2.24, 2.45) is 0 Å². The Balaban J connectivity index is 1.39. The Kier molecular flexibility index (Phi) is 6.64. The Bertz CT molecular complexity index is 1130. The zero-order valence-electron chi connectivity index (χ0n) is 18.3. The van der Waals surface area contributed by atoms with Gasteiger partial charge in [-0.3, -0.25) is 18.9 Å². The summed E-state index contributed by atoms with van der Waals surface area (Å²) >= 11 is 0. The maximum atomic E-state index is 13.1. The lowest BCUT2D eigenvalue weighted by atomic mass is 10.0. The third-order valence-corrected chi connectivity index (χ3v) is 7.72. The number of rotatable bonds is 6. The smallest absolute Gasteiger partial charge is 0.264 e. The van der Waals surface area contributed by atoms with Gasteiger partial charge in [-0.05, 0) is 44.0 Å². The summed E-state index contributed by atoms with van der Waals surface area (Å²) < 4.78 is 27.3. The molecule has 2 N–H and O–H groups in total. The van der Waals surface area contributed by atoms with Crippen molar-refractivity contribution in [1.82, 2.24) is 19.9 Å². The van der Waals surface area contributed by atoms with Gasteiger partial charge >= 0.3 is 0 Å². The van der Waals surface area contributed by atoms with Crippen LogP contribution in [0.2, 0.25) is 0 Å². The number of aryl methyl sites for hydroxylation is 1. The lowest BCUT2D eigenvalue weighted by Crippen LogP contribution is -2.52. The molecule has 0 bridgehead atoms. The highest BCUT2D eigenvalue weighted by molar-refractivity contribution is 7.89. The van der Waals surface area contributed by atoms with Crippen LogP contribution in [0.1, 0.15) is 24.8 Å². The third kappa shape index (κ3) is 5.16. The van der Waals surface area contributed by atoms with Crippen LogP contribution in [0.25, 0.3) is 0 Å². The molecule has 0 aliphatic carbocycles. The summed E-state index contributed by atoms with van der Waals surface area (Å²) in [6.07, 6.45) is 7.34. The number of sulfonamides is 1. The number of piperidine rings is 1. The number of anilines is 1. The van der Waals surface area contributed by atoms with Crippen LogP contribution in [-0.2, 0) is 19.6 Å². The van der Waals surface area contributed by atoms with E-state index >= 15 is 0 Å². The zero-order chi connectivity index (χ0) is 23.4. The van der Waals surface area contributed by atoms with E-state index in [4.69, 9.17) is 0 Å². The lowest BCUT2D eigenvalue weighted by molar-refractivity contribution is -0.129.